The number of ether oxygens (including phenoxy) is 3. The van der Waals surface area contributed by atoms with Crippen molar-refractivity contribution in [2.75, 3.05) is 19.0 Å². The van der Waals surface area contributed by atoms with E-state index >= 15 is 0 Å². The molecule has 3 N–H and O–H groups in total. The molecule has 3 aromatic carbocycles. The first-order valence-corrected chi connectivity index (χ1v) is 16.2. The van der Waals surface area contributed by atoms with Crippen LogP contribution in [-0.4, -0.2) is 49.2 Å². The van der Waals surface area contributed by atoms with E-state index in [2.05, 4.69) is 22.0 Å². The van der Waals surface area contributed by atoms with E-state index < -0.39 is 23.7 Å². The van der Waals surface area contributed by atoms with Crippen molar-refractivity contribution in [3.8, 4) is 5.75 Å². The first kappa shape index (κ1) is 35.0. The van der Waals surface area contributed by atoms with Crippen LogP contribution in [0.2, 0.25) is 0 Å². The molecular formula is C37H45N3O7. The molecule has 0 bridgehead atoms. The molecule has 4 rings (SSSR count). The minimum Gasteiger partial charge on any atom is -0.477 e. The number of carbonyl (C=O) groups is 4. The highest BCUT2D eigenvalue weighted by Gasteiger charge is 2.45. The summed E-state index contributed by atoms with van der Waals surface area (Å²) in [7, 11) is 1.29. The summed E-state index contributed by atoms with van der Waals surface area (Å²) in [6, 6.07) is 21.6. The Balaban J connectivity index is 1.26. The van der Waals surface area contributed by atoms with E-state index in [9.17, 15) is 19.2 Å². The van der Waals surface area contributed by atoms with E-state index in [0.717, 1.165) is 40.8 Å². The van der Waals surface area contributed by atoms with Crippen molar-refractivity contribution in [1.29, 1.82) is 0 Å². The molecule has 47 heavy (non-hydrogen) atoms. The average molecular weight is 644 g/mol. The number of benzene rings is 3. The summed E-state index contributed by atoms with van der Waals surface area (Å²) >= 11 is 0. The highest BCUT2D eigenvalue weighted by molar-refractivity contribution is 5.92. The molecule has 0 radical (unpaired) electrons. The SMILES string of the molecule is COC(=O)[C@@H](CCCCNC(=O)OCc1ccccc1)NC(=O)C1(Oc2ccc(CC(=O)Nc3cc(C)cc(C)c3)cc2)CCCC1. The summed E-state index contributed by atoms with van der Waals surface area (Å²) in [5, 5.41) is 8.54. The molecule has 1 aliphatic carbocycles. The molecule has 0 spiro atoms. The fourth-order valence-corrected chi connectivity index (χ4v) is 5.78. The summed E-state index contributed by atoms with van der Waals surface area (Å²) in [4.78, 5) is 50.9. The minimum atomic E-state index is -1.11. The van der Waals surface area contributed by atoms with Crippen LogP contribution in [0.4, 0.5) is 10.5 Å². The number of hydrogen-bond acceptors (Lipinski definition) is 7. The van der Waals surface area contributed by atoms with E-state index in [-0.39, 0.29) is 24.8 Å². The van der Waals surface area contributed by atoms with Gasteiger partial charge in [-0.15, -0.1) is 0 Å². The zero-order chi connectivity index (χ0) is 33.6. The van der Waals surface area contributed by atoms with Gasteiger partial charge in [-0.05, 0) is 105 Å². The third-order valence-corrected chi connectivity index (χ3v) is 8.12. The molecule has 3 aromatic rings. The molecule has 0 aliphatic heterocycles. The van der Waals surface area contributed by atoms with Crippen LogP contribution in [0.1, 0.15) is 67.2 Å². The Labute approximate surface area is 276 Å². The van der Waals surface area contributed by atoms with Gasteiger partial charge in [-0.1, -0.05) is 48.5 Å². The second-order valence-corrected chi connectivity index (χ2v) is 12.1. The van der Waals surface area contributed by atoms with Crippen LogP contribution in [0.15, 0.2) is 72.8 Å². The summed E-state index contributed by atoms with van der Waals surface area (Å²) in [6.07, 6.45) is 3.84. The van der Waals surface area contributed by atoms with Crippen molar-refractivity contribution in [2.45, 2.75) is 83.5 Å². The van der Waals surface area contributed by atoms with E-state index in [0.29, 0.717) is 44.4 Å². The quantitative estimate of drug-likeness (QED) is 0.138. The smallest absolute Gasteiger partial charge is 0.407 e. The molecule has 0 heterocycles. The Morgan fingerprint density at radius 3 is 2.19 bits per heavy atom. The third kappa shape index (κ3) is 10.9. The molecule has 10 heteroatoms. The maximum Gasteiger partial charge on any atom is 0.407 e. The van der Waals surface area contributed by atoms with Gasteiger partial charge in [-0.25, -0.2) is 9.59 Å². The summed E-state index contributed by atoms with van der Waals surface area (Å²) in [6.45, 7) is 4.53. The van der Waals surface area contributed by atoms with E-state index in [4.69, 9.17) is 14.2 Å². The fourth-order valence-electron chi connectivity index (χ4n) is 5.78. The Morgan fingerprint density at radius 2 is 1.53 bits per heavy atom. The van der Waals surface area contributed by atoms with Gasteiger partial charge in [0.25, 0.3) is 5.91 Å². The largest absolute Gasteiger partial charge is 0.477 e. The van der Waals surface area contributed by atoms with Crippen molar-refractivity contribution < 1.29 is 33.4 Å². The molecule has 0 saturated heterocycles. The number of anilines is 1. The van der Waals surface area contributed by atoms with Gasteiger partial charge in [0.1, 0.15) is 18.4 Å². The lowest BCUT2D eigenvalue weighted by Crippen LogP contribution is -2.54. The van der Waals surface area contributed by atoms with Crippen LogP contribution < -0.4 is 20.7 Å². The second-order valence-electron chi connectivity index (χ2n) is 12.1. The monoisotopic (exact) mass is 643 g/mol. The highest BCUT2D eigenvalue weighted by Crippen LogP contribution is 2.35. The van der Waals surface area contributed by atoms with Crippen LogP contribution >= 0.6 is 0 Å². The maximum absolute atomic E-state index is 13.6. The highest BCUT2D eigenvalue weighted by atomic mass is 16.5. The van der Waals surface area contributed by atoms with Gasteiger partial charge in [0.2, 0.25) is 5.91 Å². The predicted octanol–water partition coefficient (Wildman–Crippen LogP) is 5.93. The van der Waals surface area contributed by atoms with Crippen LogP contribution in [0.3, 0.4) is 0 Å². The average Bonchev–Trinajstić information content (AvgIpc) is 3.53. The van der Waals surface area contributed by atoms with E-state index in [1.165, 1.54) is 7.11 Å². The number of rotatable bonds is 15. The Morgan fingerprint density at radius 1 is 0.851 bits per heavy atom. The maximum atomic E-state index is 13.6. The number of nitrogens with one attached hydrogen (secondary N) is 3. The molecule has 0 aromatic heterocycles. The van der Waals surface area contributed by atoms with Crippen molar-refractivity contribution in [1.82, 2.24) is 10.6 Å². The van der Waals surface area contributed by atoms with Crippen molar-refractivity contribution in [3.63, 3.8) is 0 Å². The van der Waals surface area contributed by atoms with Crippen molar-refractivity contribution in [3.05, 3.63) is 95.1 Å². The normalized spacial score (nSPS) is 14.0. The van der Waals surface area contributed by atoms with Gasteiger partial charge in [-0.2, -0.15) is 0 Å². The van der Waals surface area contributed by atoms with E-state index in [1.807, 2.05) is 68.4 Å². The molecule has 1 saturated carbocycles. The minimum absolute atomic E-state index is 0.122. The first-order valence-electron chi connectivity index (χ1n) is 16.2. The molecule has 250 valence electrons. The summed E-state index contributed by atoms with van der Waals surface area (Å²) in [5.74, 6) is -0.501. The molecule has 3 amide bonds. The number of unbranched alkanes of at least 4 members (excludes halogenated alkanes) is 1. The number of methoxy groups -OCH3 is 1. The summed E-state index contributed by atoms with van der Waals surface area (Å²) < 4.78 is 16.5. The first-order chi connectivity index (χ1) is 22.7. The van der Waals surface area contributed by atoms with Gasteiger partial charge in [0, 0.05) is 12.2 Å². The molecule has 10 nitrogen and oxygen atoms in total. The number of aryl methyl sites for hydroxylation is 2. The predicted molar refractivity (Wildman–Crippen MR) is 179 cm³/mol. The second kappa shape index (κ2) is 17.2. The lowest BCUT2D eigenvalue weighted by atomic mass is 9.99. The van der Waals surface area contributed by atoms with Gasteiger partial charge in [0.05, 0.1) is 13.5 Å². The van der Waals surface area contributed by atoms with Crippen LogP contribution in [0, 0.1) is 13.8 Å². The topological polar surface area (TPSA) is 132 Å². The number of amides is 3. The number of carbonyl (C=O) groups excluding carboxylic acids is 4. The number of hydrogen-bond donors (Lipinski definition) is 3. The number of esters is 1. The van der Waals surface area contributed by atoms with Gasteiger partial charge < -0.3 is 30.2 Å². The zero-order valence-corrected chi connectivity index (χ0v) is 27.4. The van der Waals surface area contributed by atoms with Gasteiger partial charge in [0.15, 0.2) is 5.60 Å². The molecule has 1 atom stereocenters. The Hall–Kier alpha value is -4.86. The lowest BCUT2D eigenvalue weighted by Gasteiger charge is -2.30. The van der Waals surface area contributed by atoms with Gasteiger partial charge in [-0.3, -0.25) is 9.59 Å². The third-order valence-electron chi connectivity index (χ3n) is 8.12. The van der Waals surface area contributed by atoms with Crippen molar-refractivity contribution >= 4 is 29.6 Å². The molecular weight excluding hydrogens is 598 g/mol. The standard InChI is InChI=1S/C37H45N3O7/c1-26-21-27(2)23-30(22-26)39-33(41)24-28-14-16-31(17-15-28)47-37(18-8-9-19-37)35(43)40-32(34(42)45-3)13-7-10-20-38-36(44)46-25-29-11-5-4-6-12-29/h4-6,11-12,14-17,21-23,32H,7-10,13,18-20,24-25H2,1-3H3,(H,38,44)(H,39,41)(H,40,43)/t32-/m1/s1. The zero-order valence-electron chi connectivity index (χ0n) is 27.4. The fraction of sp³-hybridized carbons (Fsp3) is 0.405. The lowest BCUT2D eigenvalue weighted by molar-refractivity contribution is -0.148. The van der Waals surface area contributed by atoms with Crippen LogP contribution in [-0.2, 0) is 36.9 Å². The van der Waals surface area contributed by atoms with Crippen molar-refractivity contribution in [2.24, 2.45) is 0 Å². The summed E-state index contributed by atoms with van der Waals surface area (Å²) in [5.41, 5.74) is 3.52. The van der Waals surface area contributed by atoms with Gasteiger partial charge >= 0.3 is 12.1 Å². The van der Waals surface area contributed by atoms with Crippen LogP contribution in [0.5, 0.6) is 5.75 Å². The number of alkyl carbamates (subject to hydrolysis) is 1. The molecule has 0 unspecified atom stereocenters. The van der Waals surface area contributed by atoms with E-state index in [1.54, 1.807) is 12.1 Å². The molecule has 1 aliphatic rings. The molecule has 1 fully saturated rings. The Bertz CT molecular complexity index is 1480. The van der Waals surface area contributed by atoms with Crippen LogP contribution in [0.25, 0.3) is 0 Å². The Kier molecular flexibility index (Phi) is 12.8.